The van der Waals surface area contributed by atoms with Gasteiger partial charge in [-0.15, -0.1) is 0 Å². The Labute approximate surface area is 116 Å². The van der Waals surface area contributed by atoms with Crippen molar-refractivity contribution in [1.29, 1.82) is 0 Å². The van der Waals surface area contributed by atoms with Crippen LogP contribution in [0.25, 0.3) is 0 Å². The summed E-state index contributed by atoms with van der Waals surface area (Å²) in [5.41, 5.74) is 1.52. The van der Waals surface area contributed by atoms with E-state index in [0.717, 1.165) is 45.1 Å². The summed E-state index contributed by atoms with van der Waals surface area (Å²) in [6, 6.07) is 8.53. The van der Waals surface area contributed by atoms with E-state index in [1.54, 1.807) is 0 Å². The van der Waals surface area contributed by atoms with Gasteiger partial charge in [0, 0.05) is 38.1 Å². The van der Waals surface area contributed by atoms with E-state index in [0.29, 0.717) is 0 Å². The normalized spacial score (nSPS) is 17.4. The highest BCUT2D eigenvalue weighted by molar-refractivity contribution is 5.33. The van der Waals surface area contributed by atoms with Gasteiger partial charge >= 0.3 is 0 Å². The number of hydrogen-bond acceptors (Lipinski definition) is 3. The predicted molar refractivity (Wildman–Crippen MR) is 79.9 cm³/mol. The van der Waals surface area contributed by atoms with Gasteiger partial charge in [0.25, 0.3) is 0 Å². The van der Waals surface area contributed by atoms with Crippen molar-refractivity contribution >= 4 is 0 Å². The van der Waals surface area contributed by atoms with E-state index in [1.165, 1.54) is 5.56 Å². The summed E-state index contributed by atoms with van der Waals surface area (Å²) in [5, 5.41) is 3.40. The first kappa shape index (κ1) is 14.4. The lowest BCUT2D eigenvalue weighted by molar-refractivity contribution is 0.199. The maximum atomic E-state index is 5.61. The molecule has 0 bridgehead atoms. The average molecular weight is 262 g/mol. The Kier molecular flexibility index (Phi) is 4.83. The molecule has 19 heavy (non-hydrogen) atoms. The van der Waals surface area contributed by atoms with Crippen molar-refractivity contribution in [2.45, 2.75) is 26.2 Å². The fraction of sp³-hybridized carbons (Fsp3) is 0.625. The number of rotatable bonds is 5. The van der Waals surface area contributed by atoms with Crippen molar-refractivity contribution in [2.24, 2.45) is 0 Å². The molecule has 1 aromatic carbocycles. The smallest absolute Gasteiger partial charge is 0.119 e. The highest BCUT2D eigenvalue weighted by Crippen LogP contribution is 2.27. The Morgan fingerprint density at radius 2 is 2.00 bits per heavy atom. The topological polar surface area (TPSA) is 24.5 Å². The monoisotopic (exact) mass is 262 g/mol. The van der Waals surface area contributed by atoms with E-state index in [9.17, 15) is 0 Å². The zero-order valence-corrected chi connectivity index (χ0v) is 12.4. The van der Waals surface area contributed by atoms with E-state index in [2.05, 4.69) is 42.3 Å². The molecule has 1 saturated heterocycles. The number of hydrogen-bond donors (Lipinski definition) is 1. The van der Waals surface area contributed by atoms with Gasteiger partial charge in [0.1, 0.15) is 5.75 Å². The quantitative estimate of drug-likeness (QED) is 0.881. The van der Waals surface area contributed by atoms with Crippen molar-refractivity contribution in [3.63, 3.8) is 0 Å². The molecular weight excluding hydrogens is 236 g/mol. The molecule has 1 aliphatic heterocycles. The first-order chi connectivity index (χ1) is 9.12. The molecule has 0 atom stereocenters. The number of nitrogens with one attached hydrogen (secondary N) is 1. The van der Waals surface area contributed by atoms with Crippen molar-refractivity contribution in [1.82, 2.24) is 10.2 Å². The second-order valence-corrected chi connectivity index (χ2v) is 5.87. The third kappa shape index (κ3) is 3.95. The van der Waals surface area contributed by atoms with Crippen LogP contribution < -0.4 is 10.1 Å². The van der Waals surface area contributed by atoms with Crippen LogP contribution in [0.5, 0.6) is 5.75 Å². The highest BCUT2D eigenvalue weighted by atomic mass is 16.5. The molecule has 1 N–H and O–H groups in total. The van der Waals surface area contributed by atoms with Crippen molar-refractivity contribution in [3.05, 3.63) is 29.8 Å². The Balaban J connectivity index is 2.06. The highest BCUT2D eigenvalue weighted by Gasteiger charge is 2.25. The van der Waals surface area contributed by atoms with Crippen LogP contribution in [-0.2, 0) is 5.41 Å². The van der Waals surface area contributed by atoms with E-state index >= 15 is 0 Å². The van der Waals surface area contributed by atoms with Gasteiger partial charge in [-0.05, 0) is 24.6 Å². The van der Waals surface area contributed by atoms with Gasteiger partial charge in [-0.2, -0.15) is 0 Å². The van der Waals surface area contributed by atoms with Crippen LogP contribution in [0.15, 0.2) is 24.3 Å². The molecule has 0 radical (unpaired) electrons. The number of nitrogens with zero attached hydrogens (tertiary/aromatic N) is 1. The standard InChI is InChI=1S/C16H26N2O/c1-4-19-15-7-5-6-14(12-15)16(2,3)13-18-10-8-17-9-11-18/h5-7,12,17H,4,8-11,13H2,1-3H3. The SMILES string of the molecule is CCOc1cccc(C(C)(C)CN2CCNCC2)c1. The molecule has 1 fully saturated rings. The first-order valence-corrected chi connectivity index (χ1v) is 7.28. The van der Waals surface area contributed by atoms with Crippen LogP contribution in [0.3, 0.4) is 0 Å². The van der Waals surface area contributed by atoms with Crippen LogP contribution in [0.4, 0.5) is 0 Å². The second-order valence-electron chi connectivity index (χ2n) is 5.87. The maximum absolute atomic E-state index is 5.61. The average Bonchev–Trinajstić information content (AvgIpc) is 2.40. The third-order valence-electron chi connectivity index (χ3n) is 3.76. The fourth-order valence-electron chi connectivity index (χ4n) is 2.69. The lowest BCUT2D eigenvalue weighted by atomic mass is 9.84. The Hall–Kier alpha value is -1.06. The summed E-state index contributed by atoms with van der Waals surface area (Å²) in [6.07, 6.45) is 0. The van der Waals surface area contributed by atoms with Gasteiger partial charge in [-0.25, -0.2) is 0 Å². The minimum atomic E-state index is 0.157. The molecular formula is C16H26N2O. The molecule has 3 heteroatoms. The van der Waals surface area contributed by atoms with Crippen LogP contribution >= 0.6 is 0 Å². The van der Waals surface area contributed by atoms with Crippen LogP contribution in [0, 0.1) is 0 Å². The van der Waals surface area contributed by atoms with E-state index < -0.39 is 0 Å². The minimum absolute atomic E-state index is 0.157. The summed E-state index contributed by atoms with van der Waals surface area (Å²) >= 11 is 0. The van der Waals surface area contributed by atoms with Gasteiger partial charge in [0.05, 0.1) is 6.61 Å². The van der Waals surface area contributed by atoms with Crippen LogP contribution in [0.1, 0.15) is 26.3 Å². The first-order valence-electron chi connectivity index (χ1n) is 7.28. The minimum Gasteiger partial charge on any atom is -0.494 e. The van der Waals surface area contributed by atoms with Gasteiger partial charge < -0.3 is 10.1 Å². The number of benzene rings is 1. The summed E-state index contributed by atoms with van der Waals surface area (Å²) in [5.74, 6) is 0.980. The van der Waals surface area contributed by atoms with Gasteiger partial charge in [0.15, 0.2) is 0 Å². The third-order valence-corrected chi connectivity index (χ3v) is 3.76. The molecule has 0 saturated carbocycles. The molecule has 3 nitrogen and oxygen atoms in total. The second kappa shape index (κ2) is 6.40. The largest absolute Gasteiger partial charge is 0.494 e. The Bertz CT molecular complexity index is 397. The van der Waals surface area contributed by atoms with Gasteiger partial charge in [0.2, 0.25) is 0 Å². The van der Waals surface area contributed by atoms with E-state index in [4.69, 9.17) is 4.74 Å². The molecule has 0 amide bonds. The zero-order chi connectivity index (χ0) is 13.7. The molecule has 2 rings (SSSR count). The molecule has 106 valence electrons. The van der Waals surface area contributed by atoms with E-state index in [-0.39, 0.29) is 5.41 Å². The predicted octanol–water partition coefficient (Wildman–Crippen LogP) is 2.27. The fourth-order valence-corrected chi connectivity index (χ4v) is 2.69. The lowest BCUT2D eigenvalue weighted by Gasteiger charge is -2.35. The zero-order valence-electron chi connectivity index (χ0n) is 12.4. The summed E-state index contributed by atoms with van der Waals surface area (Å²) < 4.78 is 5.61. The molecule has 0 aromatic heterocycles. The van der Waals surface area contributed by atoms with Crippen LogP contribution in [0.2, 0.25) is 0 Å². The van der Waals surface area contributed by atoms with Crippen molar-refractivity contribution in [2.75, 3.05) is 39.3 Å². The Morgan fingerprint density at radius 1 is 1.26 bits per heavy atom. The van der Waals surface area contributed by atoms with Gasteiger partial charge in [-0.3, -0.25) is 4.90 Å². The molecule has 1 aromatic rings. The van der Waals surface area contributed by atoms with Crippen molar-refractivity contribution < 1.29 is 4.74 Å². The summed E-state index contributed by atoms with van der Waals surface area (Å²) in [7, 11) is 0. The lowest BCUT2D eigenvalue weighted by Crippen LogP contribution is -2.47. The molecule has 0 aliphatic carbocycles. The molecule has 1 heterocycles. The molecule has 1 aliphatic rings. The summed E-state index contributed by atoms with van der Waals surface area (Å²) in [6.45, 7) is 13.0. The summed E-state index contributed by atoms with van der Waals surface area (Å²) in [4.78, 5) is 2.55. The number of piperazine rings is 1. The van der Waals surface area contributed by atoms with Crippen molar-refractivity contribution in [3.8, 4) is 5.75 Å². The van der Waals surface area contributed by atoms with Gasteiger partial charge in [-0.1, -0.05) is 26.0 Å². The molecule has 0 unspecified atom stereocenters. The maximum Gasteiger partial charge on any atom is 0.119 e. The van der Waals surface area contributed by atoms with Crippen LogP contribution in [-0.4, -0.2) is 44.2 Å². The Morgan fingerprint density at radius 3 is 2.68 bits per heavy atom. The molecule has 0 spiro atoms. The number of ether oxygens (including phenoxy) is 1. The van der Waals surface area contributed by atoms with E-state index in [1.807, 2.05) is 13.0 Å².